The van der Waals surface area contributed by atoms with Crippen molar-refractivity contribution in [3.63, 3.8) is 0 Å². The fourth-order valence-electron chi connectivity index (χ4n) is 1.88. The van der Waals surface area contributed by atoms with E-state index in [0.29, 0.717) is 25.9 Å². The third-order valence-electron chi connectivity index (χ3n) is 2.76. The number of carboxylic acid groups (broad SMARTS) is 1. The summed E-state index contributed by atoms with van der Waals surface area (Å²) in [7, 11) is 0. The van der Waals surface area contributed by atoms with Crippen molar-refractivity contribution in [1.29, 1.82) is 0 Å². The van der Waals surface area contributed by atoms with Crippen LogP contribution < -0.4 is 0 Å². The van der Waals surface area contributed by atoms with E-state index in [9.17, 15) is 9.59 Å². The SMILES string of the molecule is CC(C)(C)OC(=O)N1CCC(OCCOC(=O)O)CC1. The largest absolute Gasteiger partial charge is 0.505 e. The van der Waals surface area contributed by atoms with Crippen LogP contribution in [-0.2, 0) is 14.2 Å². The van der Waals surface area contributed by atoms with Gasteiger partial charge in [0.1, 0.15) is 12.2 Å². The van der Waals surface area contributed by atoms with Crippen LogP contribution in [0.25, 0.3) is 0 Å². The average Bonchev–Trinajstić information content (AvgIpc) is 2.33. The number of amides is 1. The summed E-state index contributed by atoms with van der Waals surface area (Å²) < 4.78 is 15.1. The first-order valence-corrected chi connectivity index (χ1v) is 6.73. The Kier molecular flexibility index (Phi) is 6.06. The molecule has 0 spiro atoms. The van der Waals surface area contributed by atoms with E-state index < -0.39 is 11.8 Å². The van der Waals surface area contributed by atoms with Crippen molar-refractivity contribution in [1.82, 2.24) is 4.90 Å². The Morgan fingerprint density at radius 1 is 1.20 bits per heavy atom. The van der Waals surface area contributed by atoms with Gasteiger partial charge in [-0.3, -0.25) is 0 Å². The number of ether oxygens (including phenoxy) is 3. The van der Waals surface area contributed by atoms with Gasteiger partial charge in [0, 0.05) is 13.1 Å². The summed E-state index contributed by atoms with van der Waals surface area (Å²) in [6.07, 6.45) is -0.136. The van der Waals surface area contributed by atoms with Gasteiger partial charge in [0.15, 0.2) is 0 Å². The number of carbonyl (C=O) groups is 2. The molecule has 1 rings (SSSR count). The molecule has 1 fully saturated rings. The molecule has 0 aromatic rings. The van der Waals surface area contributed by atoms with Gasteiger partial charge in [-0.05, 0) is 33.6 Å². The summed E-state index contributed by atoms with van der Waals surface area (Å²) in [6, 6.07) is 0. The maximum absolute atomic E-state index is 11.8. The minimum Gasteiger partial charge on any atom is -0.450 e. The average molecular weight is 289 g/mol. The molecule has 116 valence electrons. The number of hydrogen-bond acceptors (Lipinski definition) is 5. The first-order valence-electron chi connectivity index (χ1n) is 6.73. The molecular formula is C13H23NO6. The van der Waals surface area contributed by atoms with E-state index >= 15 is 0 Å². The lowest BCUT2D eigenvalue weighted by molar-refractivity contribution is -0.0253. The molecule has 1 N–H and O–H groups in total. The number of carbonyl (C=O) groups excluding carboxylic acids is 1. The third kappa shape index (κ3) is 6.60. The van der Waals surface area contributed by atoms with Crippen molar-refractivity contribution in [2.75, 3.05) is 26.3 Å². The summed E-state index contributed by atoms with van der Waals surface area (Å²) in [5, 5.41) is 8.30. The molecule has 0 aromatic heterocycles. The summed E-state index contributed by atoms with van der Waals surface area (Å²) in [5.74, 6) is 0. The Bertz CT molecular complexity index is 330. The van der Waals surface area contributed by atoms with E-state index in [1.807, 2.05) is 20.8 Å². The van der Waals surface area contributed by atoms with E-state index in [1.165, 1.54) is 0 Å². The van der Waals surface area contributed by atoms with E-state index in [0.717, 1.165) is 0 Å². The quantitative estimate of drug-likeness (QED) is 0.630. The molecule has 0 atom stereocenters. The molecule has 7 nitrogen and oxygen atoms in total. The second-order valence-corrected chi connectivity index (χ2v) is 5.65. The van der Waals surface area contributed by atoms with Crippen LogP contribution in [0.1, 0.15) is 33.6 Å². The first kappa shape index (κ1) is 16.6. The van der Waals surface area contributed by atoms with Gasteiger partial charge in [0.2, 0.25) is 0 Å². The highest BCUT2D eigenvalue weighted by molar-refractivity contribution is 5.68. The highest BCUT2D eigenvalue weighted by atomic mass is 16.7. The van der Waals surface area contributed by atoms with Gasteiger partial charge in [-0.1, -0.05) is 0 Å². The van der Waals surface area contributed by atoms with E-state index in [-0.39, 0.29) is 25.4 Å². The first-order chi connectivity index (χ1) is 9.28. The molecule has 0 unspecified atom stereocenters. The lowest BCUT2D eigenvalue weighted by Crippen LogP contribution is -2.43. The van der Waals surface area contributed by atoms with Gasteiger partial charge in [0.25, 0.3) is 0 Å². The number of nitrogens with zero attached hydrogens (tertiary/aromatic N) is 1. The van der Waals surface area contributed by atoms with Gasteiger partial charge in [-0.2, -0.15) is 0 Å². The summed E-state index contributed by atoms with van der Waals surface area (Å²) in [5.41, 5.74) is -0.487. The van der Waals surface area contributed by atoms with Gasteiger partial charge < -0.3 is 24.2 Å². The fourth-order valence-corrected chi connectivity index (χ4v) is 1.88. The molecule has 0 radical (unpaired) electrons. The maximum Gasteiger partial charge on any atom is 0.505 e. The predicted octanol–water partition coefficient (Wildman–Crippen LogP) is 2.10. The van der Waals surface area contributed by atoms with Crippen molar-refractivity contribution < 1.29 is 28.9 Å². The van der Waals surface area contributed by atoms with Crippen LogP contribution >= 0.6 is 0 Å². The Morgan fingerprint density at radius 2 is 1.80 bits per heavy atom. The number of rotatable bonds is 4. The van der Waals surface area contributed by atoms with Gasteiger partial charge in [-0.15, -0.1) is 0 Å². The Hall–Kier alpha value is -1.50. The standard InChI is InChI=1S/C13H23NO6/c1-13(2,3)20-11(15)14-6-4-10(5-7-14)18-8-9-19-12(16)17/h10H,4-9H2,1-3H3,(H,16,17). The van der Waals surface area contributed by atoms with Crippen LogP contribution in [0.3, 0.4) is 0 Å². The molecule has 20 heavy (non-hydrogen) atoms. The second-order valence-electron chi connectivity index (χ2n) is 5.65. The molecule has 1 aliphatic rings. The molecule has 1 amide bonds. The highest BCUT2D eigenvalue weighted by Crippen LogP contribution is 2.17. The van der Waals surface area contributed by atoms with E-state index in [1.54, 1.807) is 4.90 Å². The minimum atomic E-state index is -1.30. The lowest BCUT2D eigenvalue weighted by Gasteiger charge is -2.33. The summed E-state index contributed by atoms with van der Waals surface area (Å²) in [4.78, 5) is 23.6. The summed E-state index contributed by atoms with van der Waals surface area (Å²) in [6.45, 7) is 6.94. The van der Waals surface area contributed by atoms with Crippen LogP contribution in [0.4, 0.5) is 9.59 Å². The highest BCUT2D eigenvalue weighted by Gasteiger charge is 2.27. The normalized spacial score (nSPS) is 16.9. The van der Waals surface area contributed by atoms with Crippen LogP contribution in [0, 0.1) is 0 Å². The Labute approximate surface area is 118 Å². The number of likely N-dealkylation sites (tertiary alicyclic amines) is 1. The van der Waals surface area contributed by atoms with Crippen LogP contribution in [0.15, 0.2) is 0 Å². The fraction of sp³-hybridized carbons (Fsp3) is 0.846. The number of hydrogen-bond donors (Lipinski definition) is 1. The molecule has 7 heteroatoms. The Balaban J connectivity index is 2.19. The molecule has 0 aromatic carbocycles. The zero-order chi connectivity index (χ0) is 15.2. The van der Waals surface area contributed by atoms with Crippen LogP contribution in [0.2, 0.25) is 0 Å². The van der Waals surface area contributed by atoms with Gasteiger partial charge >= 0.3 is 12.2 Å². The third-order valence-corrected chi connectivity index (χ3v) is 2.76. The summed E-state index contributed by atoms with van der Waals surface area (Å²) >= 11 is 0. The smallest absolute Gasteiger partial charge is 0.450 e. The van der Waals surface area contributed by atoms with Gasteiger partial charge in [-0.25, -0.2) is 9.59 Å². The molecule has 0 saturated carbocycles. The zero-order valence-electron chi connectivity index (χ0n) is 12.3. The maximum atomic E-state index is 11.8. The minimum absolute atomic E-state index is 0.0294. The molecule has 1 saturated heterocycles. The number of piperidine rings is 1. The zero-order valence-corrected chi connectivity index (χ0v) is 12.3. The Morgan fingerprint density at radius 3 is 2.30 bits per heavy atom. The van der Waals surface area contributed by atoms with Crippen molar-refractivity contribution >= 4 is 12.2 Å². The molecule has 1 aliphatic heterocycles. The topological polar surface area (TPSA) is 85.3 Å². The monoisotopic (exact) mass is 289 g/mol. The molecular weight excluding hydrogens is 266 g/mol. The lowest BCUT2D eigenvalue weighted by atomic mass is 10.1. The van der Waals surface area contributed by atoms with Crippen LogP contribution in [-0.4, -0.2) is 60.3 Å². The van der Waals surface area contributed by atoms with E-state index in [2.05, 4.69) is 4.74 Å². The van der Waals surface area contributed by atoms with Gasteiger partial charge in [0.05, 0.1) is 12.7 Å². The van der Waals surface area contributed by atoms with Crippen LogP contribution in [0.5, 0.6) is 0 Å². The van der Waals surface area contributed by atoms with Crippen molar-refractivity contribution in [2.45, 2.75) is 45.3 Å². The van der Waals surface area contributed by atoms with E-state index in [4.69, 9.17) is 14.6 Å². The molecule has 0 bridgehead atoms. The molecule has 1 heterocycles. The van der Waals surface area contributed by atoms with Crippen molar-refractivity contribution in [3.05, 3.63) is 0 Å². The predicted molar refractivity (Wildman–Crippen MR) is 70.8 cm³/mol. The van der Waals surface area contributed by atoms with Crippen molar-refractivity contribution in [3.8, 4) is 0 Å². The molecule has 0 aliphatic carbocycles. The van der Waals surface area contributed by atoms with Crippen molar-refractivity contribution in [2.24, 2.45) is 0 Å². The second kappa shape index (κ2) is 7.33.